The SMILES string of the molecule is CC1(C)CCC(NC(CN)c2occc2Br)C1. The molecule has 0 saturated heterocycles. The number of rotatable bonds is 4. The number of nitrogens with two attached hydrogens (primary N) is 1. The maximum absolute atomic E-state index is 5.84. The van der Waals surface area contributed by atoms with E-state index >= 15 is 0 Å². The van der Waals surface area contributed by atoms with Crippen LogP contribution in [0.25, 0.3) is 0 Å². The summed E-state index contributed by atoms with van der Waals surface area (Å²) in [5.74, 6) is 0.914. The molecule has 2 unspecified atom stereocenters. The van der Waals surface area contributed by atoms with Crippen LogP contribution in [0.3, 0.4) is 0 Å². The molecule has 0 amide bonds. The molecule has 2 atom stereocenters. The van der Waals surface area contributed by atoms with Crippen LogP contribution >= 0.6 is 15.9 Å². The zero-order valence-electron chi connectivity index (χ0n) is 10.5. The van der Waals surface area contributed by atoms with Crippen LogP contribution in [0, 0.1) is 5.41 Å². The van der Waals surface area contributed by atoms with Crippen LogP contribution in [0.1, 0.15) is 44.9 Å². The van der Waals surface area contributed by atoms with Crippen molar-refractivity contribution in [3.63, 3.8) is 0 Å². The molecule has 4 heteroatoms. The Bertz CT molecular complexity index is 375. The molecular formula is C13H21BrN2O. The molecule has 0 spiro atoms. The van der Waals surface area contributed by atoms with Crippen molar-refractivity contribution in [1.82, 2.24) is 5.32 Å². The average molecular weight is 301 g/mol. The lowest BCUT2D eigenvalue weighted by Crippen LogP contribution is -2.35. The van der Waals surface area contributed by atoms with E-state index < -0.39 is 0 Å². The van der Waals surface area contributed by atoms with Gasteiger partial charge in [0.25, 0.3) is 0 Å². The van der Waals surface area contributed by atoms with Gasteiger partial charge in [0.1, 0.15) is 5.76 Å². The first-order valence-corrected chi connectivity index (χ1v) is 7.00. The first-order chi connectivity index (χ1) is 8.02. The molecule has 1 aromatic rings. The van der Waals surface area contributed by atoms with Crippen molar-refractivity contribution in [2.75, 3.05) is 6.54 Å². The lowest BCUT2D eigenvalue weighted by atomic mass is 9.92. The standard InChI is InChI=1S/C13H21BrN2O/c1-13(2)5-3-9(7-13)16-11(8-15)12-10(14)4-6-17-12/h4,6,9,11,16H,3,5,7-8,15H2,1-2H3. The third-order valence-corrected chi connectivity index (χ3v) is 4.26. The van der Waals surface area contributed by atoms with Crippen LogP contribution < -0.4 is 11.1 Å². The van der Waals surface area contributed by atoms with Crippen molar-refractivity contribution in [3.05, 3.63) is 22.6 Å². The van der Waals surface area contributed by atoms with Gasteiger partial charge < -0.3 is 15.5 Å². The van der Waals surface area contributed by atoms with E-state index in [1.54, 1.807) is 6.26 Å². The van der Waals surface area contributed by atoms with Crippen LogP contribution in [0.4, 0.5) is 0 Å². The summed E-state index contributed by atoms with van der Waals surface area (Å²) in [7, 11) is 0. The molecule has 1 fully saturated rings. The van der Waals surface area contributed by atoms with Gasteiger partial charge in [0.15, 0.2) is 0 Å². The zero-order valence-corrected chi connectivity index (χ0v) is 12.1. The van der Waals surface area contributed by atoms with E-state index in [0.717, 1.165) is 10.2 Å². The Kier molecular flexibility index (Phi) is 3.95. The van der Waals surface area contributed by atoms with E-state index in [1.807, 2.05) is 6.07 Å². The molecule has 1 heterocycles. The van der Waals surface area contributed by atoms with Crippen molar-refractivity contribution in [2.24, 2.45) is 11.1 Å². The molecule has 1 aliphatic carbocycles. The number of furan rings is 1. The monoisotopic (exact) mass is 300 g/mol. The normalized spacial score (nSPS) is 25.1. The molecule has 1 aromatic heterocycles. The van der Waals surface area contributed by atoms with Gasteiger partial charge in [-0.3, -0.25) is 0 Å². The molecule has 17 heavy (non-hydrogen) atoms. The second-order valence-electron chi connectivity index (χ2n) is 5.69. The minimum atomic E-state index is 0.110. The van der Waals surface area contributed by atoms with Crippen LogP contribution in [0.2, 0.25) is 0 Å². The highest BCUT2D eigenvalue weighted by Gasteiger charge is 2.32. The van der Waals surface area contributed by atoms with Crippen molar-refractivity contribution in [1.29, 1.82) is 0 Å². The Hall–Kier alpha value is -0.320. The fourth-order valence-corrected chi connectivity index (χ4v) is 3.15. The van der Waals surface area contributed by atoms with Gasteiger partial charge >= 0.3 is 0 Å². The van der Waals surface area contributed by atoms with Gasteiger partial charge in [0.05, 0.1) is 16.8 Å². The fourth-order valence-electron chi connectivity index (χ4n) is 2.67. The highest BCUT2D eigenvalue weighted by molar-refractivity contribution is 9.10. The minimum Gasteiger partial charge on any atom is -0.466 e. The zero-order chi connectivity index (χ0) is 12.5. The minimum absolute atomic E-state index is 0.110. The number of hydrogen-bond acceptors (Lipinski definition) is 3. The Labute approximate surface area is 111 Å². The van der Waals surface area contributed by atoms with Gasteiger partial charge in [-0.1, -0.05) is 13.8 Å². The quantitative estimate of drug-likeness (QED) is 0.898. The van der Waals surface area contributed by atoms with Crippen molar-refractivity contribution < 1.29 is 4.42 Å². The molecule has 0 aromatic carbocycles. The van der Waals surface area contributed by atoms with Crippen LogP contribution in [0.5, 0.6) is 0 Å². The lowest BCUT2D eigenvalue weighted by Gasteiger charge is -2.22. The second kappa shape index (κ2) is 5.12. The maximum Gasteiger partial charge on any atom is 0.136 e. The molecule has 0 aliphatic heterocycles. The summed E-state index contributed by atoms with van der Waals surface area (Å²) in [6, 6.07) is 2.58. The topological polar surface area (TPSA) is 51.2 Å². The number of halogens is 1. The highest BCUT2D eigenvalue weighted by Crippen LogP contribution is 2.38. The smallest absolute Gasteiger partial charge is 0.136 e. The molecule has 96 valence electrons. The Morgan fingerprint density at radius 2 is 2.41 bits per heavy atom. The molecule has 0 radical (unpaired) electrons. The van der Waals surface area contributed by atoms with E-state index in [1.165, 1.54) is 19.3 Å². The summed E-state index contributed by atoms with van der Waals surface area (Å²) >= 11 is 3.49. The maximum atomic E-state index is 5.84. The van der Waals surface area contributed by atoms with E-state index in [9.17, 15) is 0 Å². The lowest BCUT2D eigenvalue weighted by molar-refractivity contribution is 0.336. The Morgan fingerprint density at radius 1 is 1.65 bits per heavy atom. The van der Waals surface area contributed by atoms with Crippen molar-refractivity contribution in [2.45, 2.75) is 45.2 Å². The highest BCUT2D eigenvalue weighted by atomic mass is 79.9. The van der Waals surface area contributed by atoms with E-state index in [0.29, 0.717) is 18.0 Å². The summed E-state index contributed by atoms with van der Waals surface area (Å²) in [5.41, 5.74) is 6.29. The number of nitrogens with one attached hydrogen (secondary N) is 1. The largest absolute Gasteiger partial charge is 0.466 e. The molecular weight excluding hydrogens is 280 g/mol. The fraction of sp³-hybridized carbons (Fsp3) is 0.692. The third kappa shape index (κ3) is 3.12. The Morgan fingerprint density at radius 3 is 2.88 bits per heavy atom. The van der Waals surface area contributed by atoms with Gasteiger partial charge in [-0.2, -0.15) is 0 Å². The van der Waals surface area contributed by atoms with Gasteiger partial charge in [-0.15, -0.1) is 0 Å². The molecule has 1 saturated carbocycles. The van der Waals surface area contributed by atoms with E-state index in [4.69, 9.17) is 10.2 Å². The van der Waals surface area contributed by atoms with Crippen molar-refractivity contribution in [3.8, 4) is 0 Å². The van der Waals surface area contributed by atoms with Crippen molar-refractivity contribution >= 4 is 15.9 Å². The van der Waals surface area contributed by atoms with E-state index in [2.05, 4.69) is 35.1 Å². The summed E-state index contributed by atoms with van der Waals surface area (Å²) < 4.78 is 6.49. The van der Waals surface area contributed by atoms with E-state index in [-0.39, 0.29) is 6.04 Å². The molecule has 3 nitrogen and oxygen atoms in total. The van der Waals surface area contributed by atoms with Crippen LogP contribution in [-0.4, -0.2) is 12.6 Å². The van der Waals surface area contributed by atoms with Gasteiger partial charge in [0, 0.05) is 12.6 Å². The van der Waals surface area contributed by atoms with Crippen LogP contribution in [-0.2, 0) is 0 Å². The summed E-state index contributed by atoms with van der Waals surface area (Å²) in [5, 5.41) is 3.62. The molecule has 0 bridgehead atoms. The predicted octanol–water partition coefficient (Wildman–Crippen LogP) is 3.21. The molecule has 3 N–H and O–H groups in total. The summed E-state index contributed by atoms with van der Waals surface area (Å²) in [4.78, 5) is 0. The first-order valence-electron chi connectivity index (χ1n) is 6.21. The third-order valence-electron chi connectivity index (χ3n) is 3.60. The van der Waals surface area contributed by atoms with Crippen LogP contribution in [0.15, 0.2) is 21.2 Å². The number of hydrogen-bond donors (Lipinski definition) is 2. The van der Waals surface area contributed by atoms with Gasteiger partial charge in [-0.05, 0) is 46.7 Å². The predicted molar refractivity (Wildman–Crippen MR) is 72.8 cm³/mol. The summed E-state index contributed by atoms with van der Waals surface area (Å²) in [6.07, 6.45) is 5.41. The second-order valence-corrected chi connectivity index (χ2v) is 6.55. The first kappa shape index (κ1) is 13.1. The molecule has 2 rings (SSSR count). The van der Waals surface area contributed by atoms with Gasteiger partial charge in [-0.25, -0.2) is 0 Å². The summed E-state index contributed by atoms with van der Waals surface area (Å²) in [6.45, 7) is 5.22. The molecule has 1 aliphatic rings. The Balaban J connectivity index is 2.00. The average Bonchev–Trinajstić information content (AvgIpc) is 2.81. The van der Waals surface area contributed by atoms with Gasteiger partial charge in [0.2, 0.25) is 0 Å².